The Morgan fingerprint density at radius 1 is 1.53 bits per heavy atom. The molecule has 1 amide bonds. The maximum atomic E-state index is 11.9. The molecule has 2 heterocycles. The number of rotatable bonds is 4. The van der Waals surface area contributed by atoms with Crippen molar-refractivity contribution in [3.63, 3.8) is 0 Å². The minimum atomic E-state index is -0.438. The summed E-state index contributed by atoms with van der Waals surface area (Å²) < 4.78 is 1.47. The van der Waals surface area contributed by atoms with Crippen LogP contribution < -0.4 is 5.32 Å². The molecule has 0 aliphatic carbocycles. The van der Waals surface area contributed by atoms with E-state index in [9.17, 15) is 4.79 Å². The van der Waals surface area contributed by atoms with Crippen LogP contribution in [0.5, 0.6) is 0 Å². The standard InChI is InChI=1S/C8H12N8O/c1-5(7-12-14-15-13-7)11-8(17)6(2)16-4-9-3-10-16/h3-6H,1-2H3,(H,11,17)(H,12,13,14,15). The zero-order valence-corrected chi connectivity index (χ0v) is 9.40. The molecule has 0 aromatic carbocycles. The summed E-state index contributed by atoms with van der Waals surface area (Å²) in [4.78, 5) is 15.6. The van der Waals surface area contributed by atoms with E-state index in [4.69, 9.17) is 0 Å². The monoisotopic (exact) mass is 236 g/mol. The van der Waals surface area contributed by atoms with E-state index in [-0.39, 0.29) is 11.9 Å². The lowest BCUT2D eigenvalue weighted by molar-refractivity contribution is -0.124. The van der Waals surface area contributed by atoms with Crippen LogP contribution in [0, 0.1) is 0 Å². The van der Waals surface area contributed by atoms with E-state index >= 15 is 0 Å². The van der Waals surface area contributed by atoms with Gasteiger partial charge in [0.1, 0.15) is 18.7 Å². The molecule has 0 spiro atoms. The number of H-pyrrole nitrogens is 1. The van der Waals surface area contributed by atoms with Gasteiger partial charge in [0.25, 0.3) is 0 Å². The molecule has 0 aliphatic rings. The molecular weight excluding hydrogens is 224 g/mol. The van der Waals surface area contributed by atoms with Gasteiger partial charge in [-0.2, -0.15) is 10.3 Å². The third-order valence-corrected chi connectivity index (χ3v) is 2.32. The lowest BCUT2D eigenvalue weighted by Crippen LogP contribution is -2.33. The van der Waals surface area contributed by atoms with Crippen LogP contribution in [0.1, 0.15) is 31.8 Å². The number of nitrogens with one attached hydrogen (secondary N) is 2. The second-order valence-corrected chi connectivity index (χ2v) is 3.55. The molecule has 9 nitrogen and oxygen atoms in total. The molecule has 2 aromatic rings. The Morgan fingerprint density at radius 2 is 2.35 bits per heavy atom. The highest BCUT2D eigenvalue weighted by atomic mass is 16.2. The van der Waals surface area contributed by atoms with Gasteiger partial charge in [0.15, 0.2) is 5.82 Å². The van der Waals surface area contributed by atoms with Crippen molar-refractivity contribution in [1.29, 1.82) is 0 Å². The zero-order valence-electron chi connectivity index (χ0n) is 9.40. The van der Waals surface area contributed by atoms with Crippen molar-refractivity contribution in [3.8, 4) is 0 Å². The fraction of sp³-hybridized carbons (Fsp3) is 0.500. The normalized spacial score (nSPS) is 14.2. The molecule has 90 valence electrons. The fourth-order valence-electron chi connectivity index (χ4n) is 1.29. The lowest BCUT2D eigenvalue weighted by Gasteiger charge is -2.14. The molecule has 2 N–H and O–H groups in total. The summed E-state index contributed by atoms with van der Waals surface area (Å²) in [6.45, 7) is 3.50. The molecule has 0 saturated heterocycles. The second kappa shape index (κ2) is 4.68. The van der Waals surface area contributed by atoms with Crippen LogP contribution in [0.2, 0.25) is 0 Å². The SMILES string of the molecule is CC(NC(=O)C(C)n1cncn1)c1nn[nH]n1. The van der Waals surface area contributed by atoms with Crippen molar-refractivity contribution in [2.45, 2.75) is 25.9 Å². The first-order chi connectivity index (χ1) is 8.18. The first kappa shape index (κ1) is 11.2. The number of carbonyl (C=O) groups excluding carboxylic acids is 1. The number of aromatic nitrogens is 7. The molecule has 0 fully saturated rings. The van der Waals surface area contributed by atoms with Crippen molar-refractivity contribution < 1.29 is 4.79 Å². The zero-order chi connectivity index (χ0) is 12.3. The van der Waals surface area contributed by atoms with Crippen LogP contribution in [-0.2, 0) is 4.79 Å². The van der Waals surface area contributed by atoms with Gasteiger partial charge in [-0.25, -0.2) is 9.67 Å². The quantitative estimate of drug-likeness (QED) is 0.720. The van der Waals surface area contributed by atoms with Gasteiger partial charge in [0.05, 0.1) is 6.04 Å². The van der Waals surface area contributed by atoms with E-state index in [0.29, 0.717) is 5.82 Å². The Bertz CT molecular complexity index is 464. The molecule has 0 radical (unpaired) electrons. The second-order valence-electron chi connectivity index (χ2n) is 3.55. The number of nitrogens with zero attached hydrogens (tertiary/aromatic N) is 6. The summed E-state index contributed by atoms with van der Waals surface area (Å²) >= 11 is 0. The van der Waals surface area contributed by atoms with Crippen LogP contribution in [0.4, 0.5) is 0 Å². The topological polar surface area (TPSA) is 114 Å². The van der Waals surface area contributed by atoms with Crippen molar-refractivity contribution >= 4 is 5.91 Å². The van der Waals surface area contributed by atoms with Crippen LogP contribution in [0.25, 0.3) is 0 Å². The molecule has 0 aliphatic heterocycles. The molecule has 0 bridgehead atoms. The van der Waals surface area contributed by atoms with Crippen LogP contribution in [0.15, 0.2) is 12.7 Å². The predicted octanol–water partition coefficient (Wildman–Crippen LogP) is -0.770. The molecule has 2 rings (SSSR count). The lowest BCUT2D eigenvalue weighted by atomic mass is 10.2. The van der Waals surface area contributed by atoms with Gasteiger partial charge in [0, 0.05) is 0 Å². The number of aromatic amines is 1. The van der Waals surface area contributed by atoms with E-state index in [1.807, 2.05) is 0 Å². The summed E-state index contributed by atoms with van der Waals surface area (Å²) in [7, 11) is 0. The van der Waals surface area contributed by atoms with Gasteiger partial charge >= 0.3 is 0 Å². The highest BCUT2D eigenvalue weighted by molar-refractivity contribution is 5.80. The minimum Gasteiger partial charge on any atom is -0.344 e. The third kappa shape index (κ3) is 2.44. The maximum absolute atomic E-state index is 11.9. The highest BCUT2D eigenvalue weighted by Crippen LogP contribution is 2.08. The Kier molecular flexibility index (Phi) is 3.08. The highest BCUT2D eigenvalue weighted by Gasteiger charge is 2.19. The number of hydrogen-bond acceptors (Lipinski definition) is 6. The van der Waals surface area contributed by atoms with Gasteiger partial charge < -0.3 is 5.32 Å². The largest absolute Gasteiger partial charge is 0.344 e. The minimum absolute atomic E-state index is 0.187. The molecule has 0 saturated carbocycles. The summed E-state index contributed by atoms with van der Waals surface area (Å²) in [5.74, 6) is 0.247. The van der Waals surface area contributed by atoms with Gasteiger partial charge in [-0.1, -0.05) is 5.21 Å². The predicted molar refractivity (Wildman–Crippen MR) is 55.5 cm³/mol. The Balaban J connectivity index is 1.98. The van der Waals surface area contributed by atoms with Crippen LogP contribution in [-0.4, -0.2) is 41.3 Å². The number of carbonyl (C=O) groups is 1. The average molecular weight is 236 g/mol. The third-order valence-electron chi connectivity index (χ3n) is 2.32. The summed E-state index contributed by atoms with van der Waals surface area (Å²) in [6.07, 6.45) is 2.87. The molecule has 2 atom stereocenters. The first-order valence-electron chi connectivity index (χ1n) is 5.06. The Labute approximate surface area is 96.6 Å². The molecule has 9 heteroatoms. The van der Waals surface area contributed by atoms with Gasteiger partial charge in [0.2, 0.25) is 5.91 Å². The van der Waals surface area contributed by atoms with Gasteiger partial charge in [-0.15, -0.1) is 10.2 Å². The Morgan fingerprint density at radius 3 is 2.94 bits per heavy atom. The fourth-order valence-corrected chi connectivity index (χ4v) is 1.29. The molecule has 2 unspecified atom stereocenters. The van der Waals surface area contributed by atoms with Crippen LogP contribution in [0.3, 0.4) is 0 Å². The van der Waals surface area contributed by atoms with Crippen LogP contribution >= 0.6 is 0 Å². The van der Waals surface area contributed by atoms with Crippen molar-refractivity contribution in [2.24, 2.45) is 0 Å². The van der Waals surface area contributed by atoms with E-state index in [1.54, 1.807) is 13.8 Å². The number of hydrogen-bond donors (Lipinski definition) is 2. The maximum Gasteiger partial charge on any atom is 0.245 e. The van der Waals surface area contributed by atoms with Gasteiger partial charge in [-0.3, -0.25) is 4.79 Å². The number of tetrazole rings is 1. The molecule has 17 heavy (non-hydrogen) atoms. The molecular formula is C8H12N8O. The van der Waals surface area contributed by atoms with Crippen molar-refractivity contribution in [3.05, 3.63) is 18.5 Å². The smallest absolute Gasteiger partial charge is 0.245 e. The van der Waals surface area contributed by atoms with Crippen molar-refractivity contribution in [2.75, 3.05) is 0 Å². The average Bonchev–Trinajstić information content (AvgIpc) is 3.00. The summed E-state index contributed by atoms with van der Waals surface area (Å²) in [5.41, 5.74) is 0. The summed E-state index contributed by atoms with van der Waals surface area (Å²) in [6, 6.07) is -0.751. The van der Waals surface area contributed by atoms with E-state index in [0.717, 1.165) is 0 Å². The van der Waals surface area contributed by atoms with E-state index < -0.39 is 6.04 Å². The first-order valence-corrected chi connectivity index (χ1v) is 5.06. The molecule has 2 aromatic heterocycles. The summed E-state index contributed by atoms with van der Waals surface area (Å²) in [5, 5.41) is 20.0. The van der Waals surface area contributed by atoms with E-state index in [2.05, 4.69) is 36.0 Å². The van der Waals surface area contributed by atoms with Gasteiger partial charge in [-0.05, 0) is 13.8 Å². The van der Waals surface area contributed by atoms with E-state index in [1.165, 1.54) is 17.3 Å². The Hall–Kier alpha value is -2.32. The number of amides is 1. The van der Waals surface area contributed by atoms with Crippen molar-refractivity contribution in [1.82, 2.24) is 40.7 Å².